The first-order chi connectivity index (χ1) is 15.8. The van der Waals surface area contributed by atoms with Crippen LogP contribution in [0.2, 0.25) is 0 Å². The van der Waals surface area contributed by atoms with Crippen LogP contribution in [0, 0.1) is 11.8 Å². The largest absolute Gasteiger partial charge is 0.289 e. The fourth-order valence-corrected chi connectivity index (χ4v) is 6.20. The predicted molar refractivity (Wildman–Crippen MR) is 129 cm³/mol. The number of fused-ring (bicyclic) bond motifs is 4. The number of hydrogen-bond acceptors (Lipinski definition) is 1. The van der Waals surface area contributed by atoms with E-state index in [0.717, 1.165) is 40.7 Å². The van der Waals surface area contributed by atoms with E-state index in [1.807, 2.05) is 36.4 Å². The number of hydrogen-bond donors (Lipinski definition) is 0. The zero-order valence-corrected chi connectivity index (χ0v) is 17.7. The van der Waals surface area contributed by atoms with E-state index >= 15 is 0 Å². The van der Waals surface area contributed by atoms with Gasteiger partial charge in [0.1, 0.15) is 0 Å². The molecule has 0 aliphatic heterocycles. The van der Waals surface area contributed by atoms with Crippen LogP contribution in [-0.4, -0.2) is 5.78 Å². The molecule has 0 N–H and O–H groups in total. The van der Waals surface area contributed by atoms with Crippen LogP contribution >= 0.6 is 0 Å². The third kappa shape index (κ3) is 2.31. The van der Waals surface area contributed by atoms with Crippen molar-refractivity contribution in [2.75, 3.05) is 0 Å². The van der Waals surface area contributed by atoms with E-state index in [-0.39, 0.29) is 5.78 Å². The summed E-state index contributed by atoms with van der Waals surface area (Å²) in [6.07, 6.45) is 16.1. The Labute approximate surface area is 188 Å². The Hall–Kier alpha value is -3.71. The highest BCUT2D eigenvalue weighted by molar-refractivity contribution is 6.48. The Bertz CT molecular complexity index is 1400. The molecular weight excluding hydrogens is 388 g/mol. The molecule has 0 bridgehead atoms. The summed E-state index contributed by atoms with van der Waals surface area (Å²) in [4.78, 5) is 14.0. The van der Waals surface area contributed by atoms with E-state index in [2.05, 4.69) is 60.7 Å². The predicted octanol–water partition coefficient (Wildman–Crippen LogP) is 6.81. The van der Waals surface area contributed by atoms with Gasteiger partial charge in [0.05, 0.1) is 0 Å². The van der Waals surface area contributed by atoms with Crippen molar-refractivity contribution < 1.29 is 4.79 Å². The van der Waals surface area contributed by atoms with Gasteiger partial charge in [-0.2, -0.15) is 0 Å². The van der Waals surface area contributed by atoms with Gasteiger partial charge in [0, 0.05) is 23.0 Å². The van der Waals surface area contributed by atoms with Crippen molar-refractivity contribution >= 4 is 16.9 Å². The molecule has 1 nitrogen and oxygen atoms in total. The Morgan fingerprint density at radius 3 is 2.09 bits per heavy atom. The van der Waals surface area contributed by atoms with E-state index in [9.17, 15) is 4.79 Å². The molecule has 152 valence electrons. The summed E-state index contributed by atoms with van der Waals surface area (Å²) in [6.45, 7) is 0. The van der Waals surface area contributed by atoms with Gasteiger partial charge in [0.25, 0.3) is 0 Å². The van der Waals surface area contributed by atoms with E-state index < -0.39 is 0 Å². The van der Waals surface area contributed by atoms with Gasteiger partial charge in [-0.05, 0) is 57.4 Å². The van der Waals surface area contributed by atoms with Crippen LogP contribution in [0.15, 0.2) is 131 Å². The summed E-state index contributed by atoms with van der Waals surface area (Å²) in [5.74, 6) is 0.815. The van der Waals surface area contributed by atoms with Gasteiger partial charge in [-0.25, -0.2) is 0 Å². The minimum atomic E-state index is 0.155. The third-order valence-corrected chi connectivity index (χ3v) is 7.47. The van der Waals surface area contributed by atoms with Crippen LogP contribution < -0.4 is 0 Å². The average Bonchev–Trinajstić information content (AvgIpc) is 3.33. The summed E-state index contributed by atoms with van der Waals surface area (Å²) in [5, 5.41) is 0. The maximum absolute atomic E-state index is 14.0. The molecule has 1 heteroatoms. The fraction of sp³-hybridized carbons (Fsp3) is 0.129. The van der Waals surface area contributed by atoms with E-state index in [0.29, 0.717) is 11.8 Å². The summed E-state index contributed by atoms with van der Waals surface area (Å²) in [6, 6.07) is 20.5. The Morgan fingerprint density at radius 1 is 0.750 bits per heavy atom. The molecule has 1 fully saturated rings. The van der Waals surface area contributed by atoms with Crippen molar-refractivity contribution in [2.24, 2.45) is 11.8 Å². The first-order valence-electron chi connectivity index (χ1n) is 11.5. The zero-order valence-electron chi connectivity index (χ0n) is 17.7. The lowest BCUT2D eigenvalue weighted by molar-refractivity contribution is -0.108. The molecule has 2 aromatic carbocycles. The molecule has 2 unspecified atom stereocenters. The number of rotatable bonds is 2. The standard InChI is InChI=1S/C31H22O/c32-31-26(19-10-3-1-4-11-19)29-24-17-9-16-23-22-15-8-7-14-21(22)18-25(28(23)24)30(29)27(31)20-12-5-2-6-13-20/h1-6,8-13,15-18,23,28H,7,14H2. The lowest BCUT2D eigenvalue weighted by atomic mass is 9.69. The molecule has 2 aromatic rings. The minimum absolute atomic E-state index is 0.155. The number of benzene rings is 2. The van der Waals surface area contributed by atoms with Crippen molar-refractivity contribution in [3.8, 4) is 0 Å². The maximum atomic E-state index is 14.0. The first-order valence-corrected chi connectivity index (χ1v) is 11.5. The normalized spacial score (nSPS) is 25.1. The molecule has 5 aliphatic rings. The van der Waals surface area contributed by atoms with E-state index in [1.54, 1.807) is 0 Å². The van der Waals surface area contributed by atoms with E-state index in [4.69, 9.17) is 0 Å². The van der Waals surface area contributed by atoms with Crippen molar-refractivity contribution in [1.29, 1.82) is 0 Å². The molecule has 0 radical (unpaired) electrons. The van der Waals surface area contributed by atoms with Crippen LogP contribution in [-0.2, 0) is 4.79 Å². The second kappa shape index (κ2) is 6.64. The Balaban J connectivity index is 1.56. The van der Waals surface area contributed by atoms with Crippen molar-refractivity contribution in [3.05, 3.63) is 142 Å². The SMILES string of the molecule is O=C1C(c2ccccc2)=C2C3=CC=CC4C5=C(C=C(C2=C1c1ccccc1)C34)CCC=C5. The van der Waals surface area contributed by atoms with Gasteiger partial charge in [0.2, 0.25) is 0 Å². The van der Waals surface area contributed by atoms with Crippen molar-refractivity contribution in [1.82, 2.24) is 0 Å². The number of carbonyl (C=O) groups excluding carboxylic acids is 1. The molecule has 0 saturated heterocycles. The second-order valence-electron chi connectivity index (χ2n) is 9.09. The molecule has 2 atom stereocenters. The Kier molecular flexibility index (Phi) is 3.72. The zero-order chi connectivity index (χ0) is 21.2. The van der Waals surface area contributed by atoms with Gasteiger partial charge in [-0.3, -0.25) is 4.79 Å². The summed E-state index contributed by atoms with van der Waals surface area (Å²) in [5.41, 5.74) is 11.6. The molecule has 0 aromatic heterocycles. The van der Waals surface area contributed by atoms with Gasteiger partial charge in [-0.1, -0.05) is 97.1 Å². The number of Topliss-reactive ketones (excluding diaryl/α,β-unsaturated/α-hetero) is 1. The van der Waals surface area contributed by atoms with Crippen LogP contribution in [0.5, 0.6) is 0 Å². The quantitative estimate of drug-likeness (QED) is 0.532. The van der Waals surface area contributed by atoms with Crippen LogP contribution in [0.3, 0.4) is 0 Å². The molecule has 1 saturated carbocycles. The van der Waals surface area contributed by atoms with Crippen LogP contribution in [0.4, 0.5) is 0 Å². The highest BCUT2D eigenvalue weighted by Crippen LogP contribution is 2.61. The number of allylic oxidation sites excluding steroid dienone is 14. The molecule has 0 amide bonds. The minimum Gasteiger partial charge on any atom is -0.289 e. The first kappa shape index (κ1) is 17.9. The maximum Gasteiger partial charge on any atom is 0.195 e. The van der Waals surface area contributed by atoms with Crippen molar-refractivity contribution in [3.63, 3.8) is 0 Å². The Morgan fingerprint density at radius 2 is 1.41 bits per heavy atom. The fourth-order valence-electron chi connectivity index (χ4n) is 6.20. The highest BCUT2D eigenvalue weighted by atomic mass is 16.1. The lowest BCUT2D eigenvalue weighted by Crippen LogP contribution is -2.23. The third-order valence-electron chi connectivity index (χ3n) is 7.47. The summed E-state index contributed by atoms with van der Waals surface area (Å²) < 4.78 is 0. The molecular formula is C31H22O. The summed E-state index contributed by atoms with van der Waals surface area (Å²) >= 11 is 0. The molecule has 32 heavy (non-hydrogen) atoms. The second-order valence-corrected chi connectivity index (χ2v) is 9.09. The summed E-state index contributed by atoms with van der Waals surface area (Å²) in [7, 11) is 0. The molecule has 0 spiro atoms. The smallest absolute Gasteiger partial charge is 0.195 e. The monoisotopic (exact) mass is 410 g/mol. The van der Waals surface area contributed by atoms with Gasteiger partial charge in [0.15, 0.2) is 5.78 Å². The van der Waals surface area contributed by atoms with E-state index in [1.165, 1.54) is 27.9 Å². The molecule has 5 aliphatic carbocycles. The number of carbonyl (C=O) groups is 1. The highest BCUT2D eigenvalue weighted by Gasteiger charge is 2.49. The van der Waals surface area contributed by atoms with Gasteiger partial charge in [-0.15, -0.1) is 0 Å². The van der Waals surface area contributed by atoms with Crippen LogP contribution in [0.25, 0.3) is 11.1 Å². The lowest BCUT2D eigenvalue weighted by Gasteiger charge is -2.34. The molecule has 0 heterocycles. The van der Waals surface area contributed by atoms with Gasteiger partial charge < -0.3 is 0 Å². The average molecular weight is 411 g/mol. The number of ketones is 1. The molecule has 7 rings (SSSR count). The van der Waals surface area contributed by atoms with Crippen LogP contribution in [0.1, 0.15) is 24.0 Å². The topological polar surface area (TPSA) is 17.1 Å². The van der Waals surface area contributed by atoms with Crippen molar-refractivity contribution in [2.45, 2.75) is 12.8 Å². The van der Waals surface area contributed by atoms with Gasteiger partial charge >= 0.3 is 0 Å².